The summed E-state index contributed by atoms with van der Waals surface area (Å²) in [6.07, 6.45) is 7.05. The van der Waals surface area contributed by atoms with Gasteiger partial charge in [-0.1, -0.05) is 36.3 Å². The van der Waals surface area contributed by atoms with Gasteiger partial charge in [-0.3, -0.25) is 5.10 Å². The van der Waals surface area contributed by atoms with Gasteiger partial charge < -0.3 is 10.1 Å². The van der Waals surface area contributed by atoms with Gasteiger partial charge in [0.1, 0.15) is 12.4 Å². The molecule has 1 heterocycles. The largest absolute Gasteiger partial charge is 0.481 e. The predicted octanol–water partition coefficient (Wildman–Crippen LogP) is 3.19. The van der Waals surface area contributed by atoms with E-state index in [1.54, 1.807) is 0 Å². The second-order valence-corrected chi connectivity index (χ2v) is 4.59. The molecule has 0 saturated carbocycles. The van der Waals surface area contributed by atoms with Crippen molar-refractivity contribution >= 4 is 16.6 Å². The standard InChI is InChI=1S/C17H15N3O/c1-2-10-21-16-9-4-3-6-13(16)11-18-15-8-5-7-14-12-19-20-17(14)15/h1,3-9,12,18H,10-11H2,(H,19,20). The number of nitrogens with zero attached hydrogens (tertiary/aromatic N) is 1. The summed E-state index contributed by atoms with van der Waals surface area (Å²) in [7, 11) is 0. The molecule has 21 heavy (non-hydrogen) atoms. The molecule has 4 heteroatoms. The van der Waals surface area contributed by atoms with Crippen molar-refractivity contribution in [3.63, 3.8) is 0 Å². The van der Waals surface area contributed by atoms with E-state index in [0.29, 0.717) is 6.54 Å². The quantitative estimate of drug-likeness (QED) is 0.704. The zero-order valence-corrected chi connectivity index (χ0v) is 11.5. The topological polar surface area (TPSA) is 49.9 Å². The first kappa shape index (κ1) is 13.1. The Morgan fingerprint density at radius 3 is 3.00 bits per heavy atom. The van der Waals surface area contributed by atoms with Crippen LogP contribution in [-0.2, 0) is 6.54 Å². The fourth-order valence-corrected chi connectivity index (χ4v) is 2.22. The zero-order chi connectivity index (χ0) is 14.5. The molecule has 4 nitrogen and oxygen atoms in total. The molecule has 1 aromatic heterocycles. The average Bonchev–Trinajstić information content (AvgIpc) is 3.01. The van der Waals surface area contributed by atoms with Gasteiger partial charge in [0, 0.05) is 17.5 Å². The Hall–Kier alpha value is -2.93. The van der Waals surface area contributed by atoms with Crippen molar-refractivity contribution in [2.75, 3.05) is 11.9 Å². The summed E-state index contributed by atoms with van der Waals surface area (Å²) in [5, 5.41) is 11.6. The van der Waals surface area contributed by atoms with E-state index in [4.69, 9.17) is 11.2 Å². The van der Waals surface area contributed by atoms with Gasteiger partial charge in [-0.25, -0.2) is 0 Å². The molecule has 3 rings (SSSR count). The van der Waals surface area contributed by atoms with Crippen molar-refractivity contribution in [1.82, 2.24) is 10.2 Å². The van der Waals surface area contributed by atoms with Gasteiger partial charge in [-0.05, 0) is 12.1 Å². The number of nitrogens with one attached hydrogen (secondary N) is 2. The molecule has 0 atom stereocenters. The van der Waals surface area contributed by atoms with Gasteiger partial charge in [0.15, 0.2) is 0 Å². The summed E-state index contributed by atoms with van der Waals surface area (Å²) >= 11 is 0. The molecule has 0 aliphatic rings. The Morgan fingerprint density at radius 1 is 1.19 bits per heavy atom. The second kappa shape index (κ2) is 6.02. The molecule has 0 spiro atoms. The third-order valence-electron chi connectivity index (χ3n) is 3.23. The van der Waals surface area contributed by atoms with Crippen LogP contribution in [-0.4, -0.2) is 16.8 Å². The van der Waals surface area contributed by atoms with Crippen LogP contribution >= 0.6 is 0 Å². The van der Waals surface area contributed by atoms with E-state index in [1.165, 1.54) is 0 Å². The number of fused-ring (bicyclic) bond motifs is 1. The molecule has 3 aromatic rings. The average molecular weight is 277 g/mol. The number of H-pyrrole nitrogens is 1. The summed E-state index contributed by atoms with van der Waals surface area (Å²) in [5.41, 5.74) is 3.07. The third kappa shape index (κ3) is 2.82. The van der Waals surface area contributed by atoms with Gasteiger partial charge in [0.05, 0.1) is 17.4 Å². The highest BCUT2D eigenvalue weighted by molar-refractivity contribution is 5.89. The van der Waals surface area contributed by atoms with Gasteiger partial charge in [-0.15, -0.1) is 6.42 Å². The fourth-order valence-electron chi connectivity index (χ4n) is 2.22. The number of rotatable bonds is 5. The zero-order valence-electron chi connectivity index (χ0n) is 11.5. The SMILES string of the molecule is C#CCOc1ccccc1CNc1cccc2cn[nH]c12. The highest BCUT2D eigenvalue weighted by Gasteiger charge is 2.05. The van der Waals surface area contributed by atoms with E-state index in [9.17, 15) is 0 Å². The monoisotopic (exact) mass is 277 g/mol. The van der Waals surface area contributed by atoms with Crippen LogP contribution in [0.4, 0.5) is 5.69 Å². The molecule has 0 saturated heterocycles. The Morgan fingerprint density at radius 2 is 2.10 bits per heavy atom. The number of anilines is 1. The highest BCUT2D eigenvalue weighted by atomic mass is 16.5. The fraction of sp³-hybridized carbons (Fsp3) is 0.118. The predicted molar refractivity (Wildman–Crippen MR) is 84.2 cm³/mol. The van der Waals surface area contributed by atoms with Crippen LogP contribution in [0.2, 0.25) is 0 Å². The number of ether oxygens (including phenoxy) is 1. The maximum Gasteiger partial charge on any atom is 0.148 e. The molecule has 0 fully saturated rings. The number of terminal acetylenes is 1. The molecule has 0 bridgehead atoms. The minimum absolute atomic E-state index is 0.271. The van der Waals surface area contributed by atoms with E-state index in [2.05, 4.69) is 21.4 Å². The Kier molecular flexibility index (Phi) is 3.74. The van der Waals surface area contributed by atoms with Gasteiger partial charge in [0.25, 0.3) is 0 Å². The van der Waals surface area contributed by atoms with Crippen molar-refractivity contribution in [1.29, 1.82) is 0 Å². The molecule has 0 amide bonds. The lowest BCUT2D eigenvalue weighted by molar-refractivity contribution is 0.366. The first-order valence-electron chi connectivity index (χ1n) is 6.68. The molecule has 0 aliphatic heterocycles. The first-order chi connectivity index (χ1) is 10.4. The van der Waals surface area contributed by atoms with Crippen molar-refractivity contribution in [3.8, 4) is 18.1 Å². The van der Waals surface area contributed by atoms with Gasteiger partial charge in [0.2, 0.25) is 0 Å². The van der Waals surface area contributed by atoms with E-state index < -0.39 is 0 Å². The minimum atomic E-state index is 0.271. The molecule has 0 aliphatic carbocycles. The van der Waals surface area contributed by atoms with Crippen LogP contribution in [0.5, 0.6) is 5.75 Å². The highest BCUT2D eigenvalue weighted by Crippen LogP contribution is 2.23. The number of para-hydroxylation sites is 2. The lowest BCUT2D eigenvalue weighted by Gasteiger charge is -2.11. The van der Waals surface area contributed by atoms with E-state index in [0.717, 1.165) is 27.9 Å². The van der Waals surface area contributed by atoms with E-state index >= 15 is 0 Å². The van der Waals surface area contributed by atoms with Crippen molar-refractivity contribution in [3.05, 3.63) is 54.2 Å². The Labute approximate surface area is 123 Å². The van der Waals surface area contributed by atoms with Crippen molar-refractivity contribution in [2.45, 2.75) is 6.54 Å². The van der Waals surface area contributed by atoms with E-state index in [1.807, 2.05) is 48.7 Å². The van der Waals surface area contributed by atoms with Gasteiger partial charge >= 0.3 is 0 Å². The smallest absolute Gasteiger partial charge is 0.148 e. The summed E-state index contributed by atoms with van der Waals surface area (Å²) in [6.45, 7) is 0.923. The number of hydrogen-bond donors (Lipinski definition) is 2. The van der Waals surface area contributed by atoms with Crippen LogP contribution in [0.15, 0.2) is 48.7 Å². The summed E-state index contributed by atoms with van der Waals surface area (Å²) < 4.78 is 5.55. The summed E-state index contributed by atoms with van der Waals surface area (Å²) in [4.78, 5) is 0. The molecule has 0 radical (unpaired) electrons. The molecule has 0 unspecified atom stereocenters. The van der Waals surface area contributed by atoms with Gasteiger partial charge in [-0.2, -0.15) is 5.10 Å². The number of aromatic amines is 1. The van der Waals surface area contributed by atoms with Crippen molar-refractivity contribution in [2.24, 2.45) is 0 Å². The molecular formula is C17H15N3O. The minimum Gasteiger partial charge on any atom is -0.481 e. The first-order valence-corrected chi connectivity index (χ1v) is 6.68. The molecular weight excluding hydrogens is 262 g/mol. The maximum atomic E-state index is 5.55. The van der Waals surface area contributed by atoms with Crippen LogP contribution < -0.4 is 10.1 Å². The third-order valence-corrected chi connectivity index (χ3v) is 3.23. The molecule has 2 N–H and O–H groups in total. The molecule has 104 valence electrons. The van der Waals surface area contributed by atoms with Crippen LogP contribution in [0.3, 0.4) is 0 Å². The van der Waals surface area contributed by atoms with Crippen LogP contribution in [0.1, 0.15) is 5.56 Å². The Bertz CT molecular complexity index is 786. The second-order valence-electron chi connectivity index (χ2n) is 4.59. The Balaban J connectivity index is 1.79. The van der Waals surface area contributed by atoms with Crippen LogP contribution in [0.25, 0.3) is 10.9 Å². The van der Waals surface area contributed by atoms with Crippen molar-refractivity contribution < 1.29 is 4.74 Å². The number of hydrogen-bond acceptors (Lipinski definition) is 3. The summed E-state index contributed by atoms with van der Waals surface area (Å²) in [6, 6.07) is 13.9. The molecule has 2 aromatic carbocycles. The lowest BCUT2D eigenvalue weighted by atomic mass is 10.2. The normalized spacial score (nSPS) is 10.2. The van der Waals surface area contributed by atoms with Crippen LogP contribution in [0, 0.1) is 12.3 Å². The maximum absolute atomic E-state index is 5.55. The number of aromatic nitrogens is 2. The lowest BCUT2D eigenvalue weighted by Crippen LogP contribution is -2.04. The van der Waals surface area contributed by atoms with E-state index in [-0.39, 0.29) is 6.61 Å². The summed E-state index contributed by atoms with van der Waals surface area (Å²) in [5.74, 6) is 3.29. The number of benzene rings is 2.